The number of carbonyl (C=O) groups is 2. The summed E-state index contributed by atoms with van der Waals surface area (Å²) < 4.78 is 17.3. The summed E-state index contributed by atoms with van der Waals surface area (Å²) >= 11 is 6.35. The van der Waals surface area contributed by atoms with Gasteiger partial charge in [0.05, 0.1) is 12.6 Å². The zero-order valence-electron chi connectivity index (χ0n) is 19.4. The Bertz CT molecular complexity index is 959. The maximum atomic E-state index is 13.8. The van der Waals surface area contributed by atoms with E-state index in [2.05, 4.69) is 9.88 Å². The SMILES string of the molecule is CC(C)(C)OC(=O)N1CCN2C(=O)c3c(cc(Cl)nc3N3CCC4(CCOC4)C3)OC[C@H]2C1. The molecule has 0 aromatic carbocycles. The first-order valence-corrected chi connectivity index (χ1v) is 12.0. The fraction of sp³-hybridized carbons (Fsp3) is 0.696. The standard InChI is InChI=1S/C23H31ClN4O5/c1-22(2,3)33-21(30)26-7-8-28-15(11-26)12-32-16-10-17(24)25-19(18(16)20(28)29)27-6-4-23(13-27)5-9-31-14-23/h10,15H,4-9,11-14H2,1-3H3/t15-,23?/m1/s1. The third-order valence-corrected chi connectivity index (χ3v) is 7.09. The van der Waals surface area contributed by atoms with E-state index in [1.54, 1.807) is 15.9 Å². The van der Waals surface area contributed by atoms with Gasteiger partial charge in [0.2, 0.25) is 0 Å². The number of aromatic nitrogens is 1. The number of piperazine rings is 1. The van der Waals surface area contributed by atoms with E-state index in [9.17, 15) is 9.59 Å². The molecule has 1 aromatic rings. The van der Waals surface area contributed by atoms with Crippen molar-refractivity contribution in [3.8, 4) is 5.75 Å². The average molecular weight is 479 g/mol. The zero-order valence-corrected chi connectivity index (χ0v) is 20.2. The molecule has 2 amide bonds. The fourth-order valence-corrected chi connectivity index (χ4v) is 5.38. The Balaban J connectivity index is 1.39. The molecule has 0 N–H and O–H groups in total. The van der Waals surface area contributed by atoms with Crippen molar-refractivity contribution in [1.82, 2.24) is 14.8 Å². The molecule has 2 atom stereocenters. The van der Waals surface area contributed by atoms with Crippen LogP contribution in [0.2, 0.25) is 5.15 Å². The third kappa shape index (κ3) is 4.33. The molecule has 0 bridgehead atoms. The lowest BCUT2D eigenvalue weighted by atomic mass is 9.87. The first-order chi connectivity index (χ1) is 15.6. The smallest absolute Gasteiger partial charge is 0.410 e. The Morgan fingerprint density at radius 1 is 1.27 bits per heavy atom. The van der Waals surface area contributed by atoms with E-state index in [1.807, 2.05) is 20.8 Å². The van der Waals surface area contributed by atoms with Gasteiger partial charge >= 0.3 is 6.09 Å². The van der Waals surface area contributed by atoms with Crippen LogP contribution in [0.5, 0.6) is 5.75 Å². The molecule has 1 unspecified atom stereocenters. The lowest BCUT2D eigenvalue weighted by molar-refractivity contribution is 0.000954. The predicted molar refractivity (Wildman–Crippen MR) is 122 cm³/mol. The summed E-state index contributed by atoms with van der Waals surface area (Å²) in [5.74, 6) is 0.914. The summed E-state index contributed by atoms with van der Waals surface area (Å²) in [6.07, 6.45) is 1.65. The van der Waals surface area contributed by atoms with Crippen molar-refractivity contribution in [2.45, 2.75) is 45.3 Å². The van der Waals surface area contributed by atoms with Crippen LogP contribution in [-0.4, -0.2) is 91.0 Å². The van der Waals surface area contributed by atoms with Crippen molar-refractivity contribution in [1.29, 1.82) is 0 Å². The van der Waals surface area contributed by atoms with Gasteiger partial charge in [-0.05, 0) is 33.6 Å². The summed E-state index contributed by atoms with van der Waals surface area (Å²) in [4.78, 5) is 36.5. The Hall–Kier alpha value is -2.26. The van der Waals surface area contributed by atoms with Gasteiger partial charge in [-0.1, -0.05) is 11.6 Å². The van der Waals surface area contributed by atoms with E-state index in [0.717, 1.165) is 39.1 Å². The van der Waals surface area contributed by atoms with Gasteiger partial charge in [0.1, 0.15) is 34.5 Å². The number of rotatable bonds is 1. The van der Waals surface area contributed by atoms with E-state index < -0.39 is 5.60 Å². The Morgan fingerprint density at radius 3 is 2.82 bits per heavy atom. The molecule has 180 valence electrons. The van der Waals surface area contributed by atoms with Crippen LogP contribution in [0.25, 0.3) is 0 Å². The third-order valence-electron chi connectivity index (χ3n) is 6.90. The summed E-state index contributed by atoms with van der Waals surface area (Å²) in [5, 5.41) is 0.301. The average Bonchev–Trinajstić information content (AvgIpc) is 3.36. The normalized spacial score (nSPS) is 27.3. The van der Waals surface area contributed by atoms with Gasteiger partial charge in [-0.2, -0.15) is 0 Å². The molecule has 9 nitrogen and oxygen atoms in total. The molecule has 3 saturated heterocycles. The van der Waals surface area contributed by atoms with Crippen molar-refractivity contribution in [2.75, 3.05) is 57.4 Å². The lowest BCUT2D eigenvalue weighted by Crippen LogP contribution is -2.58. The molecule has 0 aliphatic carbocycles. The highest BCUT2D eigenvalue weighted by molar-refractivity contribution is 6.30. The summed E-state index contributed by atoms with van der Waals surface area (Å²) in [7, 11) is 0. The molecule has 1 aromatic heterocycles. The van der Waals surface area contributed by atoms with Crippen LogP contribution in [0.4, 0.5) is 10.6 Å². The molecular weight excluding hydrogens is 448 g/mol. The maximum absolute atomic E-state index is 13.8. The Morgan fingerprint density at radius 2 is 2.09 bits per heavy atom. The molecule has 3 fully saturated rings. The second-order valence-electron chi connectivity index (χ2n) is 10.5. The van der Waals surface area contributed by atoms with Gasteiger partial charge < -0.3 is 28.9 Å². The monoisotopic (exact) mass is 478 g/mol. The number of anilines is 1. The number of nitrogens with zero attached hydrogens (tertiary/aromatic N) is 4. The van der Waals surface area contributed by atoms with E-state index in [-0.39, 0.29) is 30.1 Å². The predicted octanol–water partition coefficient (Wildman–Crippen LogP) is 2.81. The molecule has 5 rings (SSSR count). The van der Waals surface area contributed by atoms with Gasteiger partial charge in [0.25, 0.3) is 5.91 Å². The maximum Gasteiger partial charge on any atom is 0.410 e. The molecule has 10 heteroatoms. The van der Waals surface area contributed by atoms with Crippen molar-refractivity contribution in [3.05, 3.63) is 16.8 Å². The van der Waals surface area contributed by atoms with Crippen molar-refractivity contribution in [2.24, 2.45) is 5.41 Å². The molecule has 33 heavy (non-hydrogen) atoms. The van der Waals surface area contributed by atoms with Crippen molar-refractivity contribution >= 4 is 29.4 Å². The van der Waals surface area contributed by atoms with Crippen molar-refractivity contribution in [3.63, 3.8) is 0 Å². The van der Waals surface area contributed by atoms with E-state index >= 15 is 0 Å². The quantitative estimate of drug-likeness (QED) is 0.574. The van der Waals surface area contributed by atoms with Crippen LogP contribution < -0.4 is 9.64 Å². The molecule has 0 saturated carbocycles. The summed E-state index contributed by atoms with van der Waals surface area (Å²) in [6.45, 7) is 10.1. The minimum absolute atomic E-state index is 0.118. The fourth-order valence-electron chi connectivity index (χ4n) is 5.20. The first kappa shape index (κ1) is 22.5. The van der Waals surface area contributed by atoms with Crippen LogP contribution in [0.3, 0.4) is 0 Å². The lowest BCUT2D eigenvalue weighted by Gasteiger charge is -2.40. The van der Waals surface area contributed by atoms with Crippen LogP contribution in [-0.2, 0) is 9.47 Å². The number of ether oxygens (including phenoxy) is 3. The molecule has 5 heterocycles. The molecule has 1 spiro atoms. The van der Waals surface area contributed by atoms with Gasteiger partial charge in [-0.15, -0.1) is 0 Å². The Kier molecular flexibility index (Phi) is 5.60. The van der Waals surface area contributed by atoms with Crippen molar-refractivity contribution < 1.29 is 23.8 Å². The number of fused-ring (bicyclic) bond motifs is 2. The van der Waals surface area contributed by atoms with Crippen LogP contribution >= 0.6 is 11.6 Å². The molecule has 4 aliphatic rings. The number of carbonyl (C=O) groups excluding carboxylic acids is 2. The van der Waals surface area contributed by atoms with E-state index in [0.29, 0.717) is 41.9 Å². The van der Waals surface area contributed by atoms with Gasteiger partial charge in [-0.3, -0.25) is 4.79 Å². The molecular formula is C23H31ClN4O5. The topological polar surface area (TPSA) is 84.4 Å². The van der Waals surface area contributed by atoms with Crippen LogP contribution in [0, 0.1) is 5.41 Å². The number of hydrogen-bond donors (Lipinski definition) is 0. The number of amides is 2. The molecule has 0 radical (unpaired) electrons. The summed E-state index contributed by atoms with van der Waals surface area (Å²) in [5.41, 5.74) is 0.00539. The van der Waals surface area contributed by atoms with Crippen LogP contribution in [0.1, 0.15) is 44.0 Å². The van der Waals surface area contributed by atoms with Gasteiger partial charge in [-0.25, -0.2) is 9.78 Å². The summed E-state index contributed by atoms with van der Waals surface area (Å²) in [6, 6.07) is 1.35. The Labute approximate surface area is 198 Å². The van der Waals surface area contributed by atoms with Gasteiger partial charge in [0, 0.05) is 50.8 Å². The highest BCUT2D eigenvalue weighted by Crippen LogP contribution is 2.43. The highest BCUT2D eigenvalue weighted by Gasteiger charge is 2.45. The number of pyridine rings is 1. The van der Waals surface area contributed by atoms with Gasteiger partial charge in [0.15, 0.2) is 0 Å². The second kappa shape index (κ2) is 8.20. The zero-order chi connectivity index (χ0) is 23.4. The molecule has 4 aliphatic heterocycles. The first-order valence-electron chi connectivity index (χ1n) is 11.6. The number of hydrogen-bond acceptors (Lipinski definition) is 7. The van der Waals surface area contributed by atoms with E-state index in [4.69, 9.17) is 25.8 Å². The minimum Gasteiger partial charge on any atom is -0.490 e. The van der Waals surface area contributed by atoms with E-state index in [1.165, 1.54) is 0 Å². The van der Waals surface area contributed by atoms with Crippen LogP contribution in [0.15, 0.2) is 6.07 Å². The largest absolute Gasteiger partial charge is 0.490 e. The highest BCUT2D eigenvalue weighted by atomic mass is 35.5. The minimum atomic E-state index is -0.574. The second-order valence-corrected chi connectivity index (χ2v) is 10.9. The number of halogens is 1.